The summed E-state index contributed by atoms with van der Waals surface area (Å²) in [5.74, 6) is 1.40. The van der Waals surface area contributed by atoms with E-state index in [0.717, 1.165) is 25.3 Å². The first kappa shape index (κ1) is 18.3. The van der Waals surface area contributed by atoms with Crippen LogP contribution in [0.5, 0.6) is 5.88 Å². The summed E-state index contributed by atoms with van der Waals surface area (Å²) in [6.45, 7) is 12.7. The van der Waals surface area contributed by atoms with Crippen molar-refractivity contribution in [2.24, 2.45) is 0 Å². The van der Waals surface area contributed by atoms with Gasteiger partial charge in [0.15, 0.2) is 0 Å². The molecular weight excluding hydrogens is 308 g/mol. The number of hydrogen-bond donors (Lipinski definition) is 0. The summed E-state index contributed by atoms with van der Waals surface area (Å²) in [4.78, 5) is 24.4. The lowest BCUT2D eigenvalue weighted by Crippen LogP contribution is -2.36. The maximum Gasteiger partial charge on any atom is 0.410 e. The summed E-state index contributed by atoms with van der Waals surface area (Å²) in [5.41, 5.74) is -0.485. The zero-order valence-corrected chi connectivity index (χ0v) is 15.3. The summed E-state index contributed by atoms with van der Waals surface area (Å²) in [6.07, 6.45) is 1.92. The molecule has 1 aliphatic heterocycles. The van der Waals surface area contributed by atoms with Gasteiger partial charge in [0.1, 0.15) is 23.9 Å². The molecule has 0 aromatic carbocycles. The first-order valence-electron chi connectivity index (χ1n) is 8.54. The minimum absolute atomic E-state index is 0.0722. The third kappa shape index (κ3) is 4.97. The van der Waals surface area contributed by atoms with Crippen LogP contribution in [0.2, 0.25) is 0 Å². The number of amides is 1. The standard InChI is InChI=1S/C17H28N4O3/c1-6-20(7-2)14-10-15(19-12-18-14)23-13-8-9-21(11-13)16(22)24-17(3,4)5/h10,12-13H,6-9,11H2,1-5H3/t13-/m0/s1. The van der Waals surface area contributed by atoms with Crippen molar-refractivity contribution in [1.29, 1.82) is 0 Å². The summed E-state index contributed by atoms with van der Waals surface area (Å²) in [6, 6.07) is 1.85. The van der Waals surface area contributed by atoms with Gasteiger partial charge in [-0.15, -0.1) is 0 Å². The molecular formula is C17H28N4O3. The number of likely N-dealkylation sites (tertiary alicyclic amines) is 1. The summed E-state index contributed by atoms with van der Waals surface area (Å²) >= 11 is 0. The zero-order valence-electron chi connectivity index (χ0n) is 15.3. The van der Waals surface area contributed by atoms with E-state index in [4.69, 9.17) is 9.47 Å². The highest BCUT2D eigenvalue weighted by Gasteiger charge is 2.31. The van der Waals surface area contributed by atoms with Crippen LogP contribution in [0.25, 0.3) is 0 Å². The molecule has 0 aliphatic carbocycles. The van der Waals surface area contributed by atoms with Crippen LogP contribution >= 0.6 is 0 Å². The quantitative estimate of drug-likeness (QED) is 0.823. The second-order valence-electron chi connectivity index (χ2n) is 6.84. The Balaban J connectivity index is 1.94. The Kier molecular flexibility index (Phi) is 5.85. The highest BCUT2D eigenvalue weighted by Crippen LogP contribution is 2.21. The third-order valence-corrected chi connectivity index (χ3v) is 3.80. The Bertz CT molecular complexity index is 555. The molecule has 2 rings (SSSR count). The number of anilines is 1. The second-order valence-corrected chi connectivity index (χ2v) is 6.84. The predicted octanol–water partition coefficient (Wildman–Crippen LogP) is 2.71. The van der Waals surface area contributed by atoms with Crippen molar-refractivity contribution < 1.29 is 14.3 Å². The van der Waals surface area contributed by atoms with Crippen LogP contribution in [0.15, 0.2) is 12.4 Å². The van der Waals surface area contributed by atoms with Gasteiger partial charge in [-0.05, 0) is 34.6 Å². The van der Waals surface area contributed by atoms with Gasteiger partial charge in [0.05, 0.1) is 6.54 Å². The lowest BCUT2D eigenvalue weighted by atomic mass is 10.2. The SMILES string of the molecule is CCN(CC)c1cc(O[C@H]2CCN(C(=O)OC(C)(C)C)C2)ncn1. The van der Waals surface area contributed by atoms with E-state index in [1.54, 1.807) is 4.90 Å². The Morgan fingerprint density at radius 2 is 2.04 bits per heavy atom. The van der Waals surface area contributed by atoms with Crippen molar-refractivity contribution in [2.75, 3.05) is 31.1 Å². The van der Waals surface area contributed by atoms with E-state index < -0.39 is 5.60 Å². The molecule has 24 heavy (non-hydrogen) atoms. The number of aromatic nitrogens is 2. The van der Waals surface area contributed by atoms with Crippen LogP contribution in [0.4, 0.5) is 10.6 Å². The van der Waals surface area contributed by atoms with Gasteiger partial charge in [0.25, 0.3) is 0 Å². The first-order chi connectivity index (χ1) is 11.3. The third-order valence-electron chi connectivity index (χ3n) is 3.80. The summed E-state index contributed by atoms with van der Waals surface area (Å²) in [5, 5.41) is 0. The molecule has 1 aliphatic rings. The minimum Gasteiger partial charge on any atom is -0.472 e. The molecule has 0 N–H and O–H groups in total. The monoisotopic (exact) mass is 336 g/mol. The molecule has 0 radical (unpaired) electrons. The Hall–Kier alpha value is -2.05. The molecule has 1 aromatic heterocycles. The highest BCUT2D eigenvalue weighted by molar-refractivity contribution is 5.68. The summed E-state index contributed by atoms with van der Waals surface area (Å²) < 4.78 is 11.3. The van der Waals surface area contributed by atoms with E-state index >= 15 is 0 Å². The second kappa shape index (κ2) is 7.68. The van der Waals surface area contributed by atoms with Crippen molar-refractivity contribution in [3.63, 3.8) is 0 Å². The van der Waals surface area contributed by atoms with Crippen molar-refractivity contribution >= 4 is 11.9 Å². The Morgan fingerprint density at radius 1 is 1.33 bits per heavy atom. The van der Waals surface area contributed by atoms with Gasteiger partial charge in [-0.1, -0.05) is 0 Å². The van der Waals surface area contributed by atoms with E-state index in [9.17, 15) is 4.79 Å². The average molecular weight is 336 g/mol. The fraction of sp³-hybridized carbons (Fsp3) is 0.706. The molecule has 7 heteroatoms. The van der Waals surface area contributed by atoms with Crippen molar-refractivity contribution in [3.05, 3.63) is 12.4 Å². The molecule has 2 heterocycles. The van der Waals surface area contributed by atoms with Gasteiger partial charge in [-0.3, -0.25) is 0 Å². The average Bonchev–Trinajstić information content (AvgIpc) is 2.96. The van der Waals surface area contributed by atoms with E-state index in [0.29, 0.717) is 19.0 Å². The lowest BCUT2D eigenvalue weighted by molar-refractivity contribution is 0.0275. The summed E-state index contributed by atoms with van der Waals surface area (Å²) in [7, 11) is 0. The molecule has 134 valence electrons. The number of carbonyl (C=O) groups excluding carboxylic acids is 1. The molecule has 0 saturated carbocycles. The smallest absolute Gasteiger partial charge is 0.410 e. The van der Waals surface area contributed by atoms with Gasteiger partial charge >= 0.3 is 6.09 Å². The lowest BCUT2D eigenvalue weighted by Gasteiger charge is -2.24. The topological polar surface area (TPSA) is 67.8 Å². The van der Waals surface area contributed by atoms with Gasteiger partial charge in [0, 0.05) is 32.1 Å². The van der Waals surface area contributed by atoms with Gasteiger partial charge in [-0.25, -0.2) is 14.8 Å². The number of nitrogens with zero attached hydrogens (tertiary/aromatic N) is 4. The van der Waals surface area contributed by atoms with Gasteiger partial charge < -0.3 is 19.3 Å². The van der Waals surface area contributed by atoms with E-state index in [2.05, 4.69) is 28.7 Å². The first-order valence-corrected chi connectivity index (χ1v) is 8.54. The van der Waals surface area contributed by atoms with Crippen LogP contribution in [-0.2, 0) is 4.74 Å². The molecule has 0 bridgehead atoms. The molecule has 0 spiro atoms. The molecule has 0 unspecified atom stereocenters. The normalized spacial score (nSPS) is 17.7. The van der Waals surface area contributed by atoms with Gasteiger partial charge in [-0.2, -0.15) is 0 Å². The number of hydrogen-bond acceptors (Lipinski definition) is 6. The van der Waals surface area contributed by atoms with Crippen LogP contribution < -0.4 is 9.64 Å². The van der Waals surface area contributed by atoms with E-state index in [-0.39, 0.29) is 12.2 Å². The van der Waals surface area contributed by atoms with E-state index in [1.165, 1.54) is 6.33 Å². The maximum absolute atomic E-state index is 12.1. The molecule has 1 amide bonds. The molecule has 1 fully saturated rings. The fourth-order valence-corrected chi connectivity index (χ4v) is 2.60. The van der Waals surface area contributed by atoms with E-state index in [1.807, 2.05) is 26.8 Å². The molecule has 1 saturated heterocycles. The largest absolute Gasteiger partial charge is 0.472 e. The highest BCUT2D eigenvalue weighted by atomic mass is 16.6. The maximum atomic E-state index is 12.1. The predicted molar refractivity (Wildman–Crippen MR) is 92.4 cm³/mol. The van der Waals surface area contributed by atoms with Crippen molar-refractivity contribution in [1.82, 2.24) is 14.9 Å². The van der Waals surface area contributed by atoms with Crippen molar-refractivity contribution in [3.8, 4) is 5.88 Å². The van der Waals surface area contributed by atoms with Crippen LogP contribution in [-0.4, -0.2) is 58.8 Å². The number of carbonyl (C=O) groups is 1. The van der Waals surface area contributed by atoms with Gasteiger partial charge in [0.2, 0.25) is 5.88 Å². The number of ether oxygens (including phenoxy) is 2. The Labute approximate surface area is 144 Å². The zero-order chi connectivity index (χ0) is 17.7. The Morgan fingerprint density at radius 3 is 2.67 bits per heavy atom. The van der Waals surface area contributed by atoms with Crippen molar-refractivity contribution in [2.45, 2.75) is 52.7 Å². The van der Waals surface area contributed by atoms with Crippen LogP contribution in [0.1, 0.15) is 41.0 Å². The minimum atomic E-state index is -0.485. The van der Waals surface area contributed by atoms with Crippen LogP contribution in [0.3, 0.4) is 0 Å². The molecule has 1 aromatic rings. The number of rotatable bonds is 5. The molecule has 7 nitrogen and oxygen atoms in total. The fourth-order valence-electron chi connectivity index (χ4n) is 2.60. The van der Waals surface area contributed by atoms with Crippen LogP contribution in [0, 0.1) is 0 Å². The molecule has 1 atom stereocenters.